The van der Waals surface area contributed by atoms with Crippen molar-refractivity contribution in [1.82, 2.24) is 20.4 Å². The number of carbonyl (C=O) groups is 1. The van der Waals surface area contributed by atoms with E-state index < -0.39 is 12.1 Å². The fourth-order valence-corrected chi connectivity index (χ4v) is 7.06. The molecule has 270 valence electrons. The highest BCUT2D eigenvalue weighted by Gasteiger charge is 2.51. The minimum Gasteiger partial charge on any atom is -0.496 e. The van der Waals surface area contributed by atoms with Gasteiger partial charge >= 0.3 is 0 Å². The molecule has 0 unspecified atom stereocenters. The zero-order valence-electron chi connectivity index (χ0n) is 31.3. The average molecular weight is 686 g/mol. The van der Waals surface area contributed by atoms with Crippen molar-refractivity contribution in [3.63, 3.8) is 0 Å². The van der Waals surface area contributed by atoms with Crippen LogP contribution in [-0.4, -0.2) is 69.3 Å². The molecule has 1 aliphatic carbocycles. The molecule has 1 spiro atoms. The van der Waals surface area contributed by atoms with Crippen molar-refractivity contribution in [2.24, 2.45) is 5.41 Å². The van der Waals surface area contributed by atoms with E-state index in [4.69, 9.17) is 9.47 Å². The Bertz CT molecular complexity index is 1620. The van der Waals surface area contributed by atoms with Gasteiger partial charge in [0.15, 0.2) is 0 Å². The molecule has 9 heteroatoms. The van der Waals surface area contributed by atoms with Gasteiger partial charge in [0.1, 0.15) is 11.5 Å². The fourth-order valence-electron chi connectivity index (χ4n) is 7.06. The Morgan fingerprint density at radius 3 is 2.30 bits per heavy atom. The highest BCUT2D eigenvalue weighted by atomic mass is 19.1. The van der Waals surface area contributed by atoms with Crippen molar-refractivity contribution in [3.8, 4) is 17.6 Å². The summed E-state index contributed by atoms with van der Waals surface area (Å²) in [5.74, 6) is 1.52. The molecule has 8 nitrogen and oxygen atoms in total. The molecule has 1 heterocycles. The number of hydrogen-bond donors (Lipinski definition) is 2. The molecule has 1 aliphatic heterocycles. The minimum atomic E-state index is -0.647. The summed E-state index contributed by atoms with van der Waals surface area (Å²) in [7, 11) is 5.35. The van der Waals surface area contributed by atoms with E-state index in [0.29, 0.717) is 24.9 Å². The summed E-state index contributed by atoms with van der Waals surface area (Å²) >= 11 is 0. The summed E-state index contributed by atoms with van der Waals surface area (Å²) in [6.07, 6.45) is 7.85. The summed E-state index contributed by atoms with van der Waals surface area (Å²) in [5.41, 5.74) is 9.02. The molecule has 2 aliphatic rings. The van der Waals surface area contributed by atoms with Crippen LogP contribution in [0.1, 0.15) is 81.7 Å². The van der Waals surface area contributed by atoms with E-state index in [1.165, 1.54) is 16.7 Å². The molecular weight excluding hydrogens is 629 g/mol. The zero-order valence-corrected chi connectivity index (χ0v) is 31.3. The number of allylic oxidation sites excluding steroid dienone is 5. The molecule has 1 amide bonds. The van der Waals surface area contributed by atoms with Crippen LogP contribution in [0.15, 0.2) is 59.3 Å². The lowest BCUT2D eigenvalue weighted by atomic mass is 9.89. The maximum atomic E-state index is 13.6. The highest BCUT2D eigenvalue weighted by Crippen LogP contribution is 2.46. The van der Waals surface area contributed by atoms with E-state index in [1.807, 2.05) is 40.0 Å². The predicted octanol–water partition coefficient (Wildman–Crippen LogP) is 7.10. The van der Waals surface area contributed by atoms with Crippen LogP contribution in [-0.2, 0) is 30.8 Å². The largest absolute Gasteiger partial charge is 0.496 e. The normalized spacial score (nSPS) is 16.6. The summed E-state index contributed by atoms with van der Waals surface area (Å²) in [4.78, 5) is 16.3. The quantitative estimate of drug-likeness (QED) is 0.104. The monoisotopic (exact) mass is 685 g/mol. The van der Waals surface area contributed by atoms with E-state index in [1.54, 1.807) is 26.5 Å². The molecule has 2 fully saturated rings. The number of halogens is 1. The topological polar surface area (TPSA) is 89.9 Å². The fraction of sp³-hybridized carbons (Fsp3) is 0.512. The zero-order chi connectivity index (χ0) is 36.5. The molecule has 0 bridgehead atoms. The molecule has 1 saturated heterocycles. The number of methoxy groups -OCH3 is 2. The first-order chi connectivity index (χ1) is 23.9. The second-order valence-electron chi connectivity index (χ2n) is 14.7. The number of rotatable bonds is 17. The maximum absolute atomic E-state index is 13.6. The van der Waals surface area contributed by atoms with Crippen LogP contribution in [0.25, 0.3) is 5.57 Å². The number of amides is 1. The van der Waals surface area contributed by atoms with Crippen molar-refractivity contribution in [2.45, 2.75) is 85.5 Å². The molecule has 50 heavy (non-hydrogen) atoms. The standard InChI is InChI=1S/C41H56FN5O3/c1-29(2)30(3)36(23-45-28-48)34-18-38(49-7)37(39(19-34)50-8)25-46-16-17-47(41(27-46)14-15-41)24-33-11-9-10-32(22-44-6)35(33)13-12-31(21-43)20-40(4,5)26-42/h9-11,18-20,23,28,44H,12-17,22,24-27H2,1-8H3,(H,45,48)/b31-20-,36-23+. The van der Waals surface area contributed by atoms with Gasteiger partial charge in [-0.25, -0.2) is 0 Å². The second kappa shape index (κ2) is 17.3. The van der Waals surface area contributed by atoms with Gasteiger partial charge < -0.3 is 20.1 Å². The van der Waals surface area contributed by atoms with Crippen molar-refractivity contribution in [3.05, 3.63) is 87.1 Å². The SMILES string of the molecule is CNCc1cccc(CN2CCN(Cc3c(OC)cc(/C(=C/NC=O)C(C)=C(C)C)cc3OC)CC23CC3)c1CC/C(C#N)=C/C(C)(C)CF. The number of carbonyl (C=O) groups excluding carboxylic acids is 1. The van der Waals surface area contributed by atoms with Crippen LogP contribution in [0.5, 0.6) is 11.5 Å². The Morgan fingerprint density at radius 1 is 1.06 bits per heavy atom. The van der Waals surface area contributed by atoms with Crippen molar-refractivity contribution in [2.75, 3.05) is 47.6 Å². The van der Waals surface area contributed by atoms with Crippen LogP contribution < -0.4 is 20.1 Å². The van der Waals surface area contributed by atoms with Crippen LogP contribution in [0.4, 0.5) is 4.39 Å². The van der Waals surface area contributed by atoms with Gasteiger partial charge in [0.05, 0.1) is 32.5 Å². The number of nitrogens with one attached hydrogen (secondary N) is 2. The minimum absolute atomic E-state index is 0.120. The lowest BCUT2D eigenvalue weighted by Gasteiger charge is -2.43. The van der Waals surface area contributed by atoms with Gasteiger partial charge in [-0.1, -0.05) is 43.7 Å². The molecule has 0 radical (unpaired) electrons. The lowest BCUT2D eigenvalue weighted by Crippen LogP contribution is -2.54. The van der Waals surface area contributed by atoms with Gasteiger partial charge in [-0.15, -0.1) is 0 Å². The Kier molecular flexibility index (Phi) is 13.4. The van der Waals surface area contributed by atoms with Crippen molar-refractivity contribution in [1.29, 1.82) is 5.26 Å². The first-order valence-corrected chi connectivity index (χ1v) is 17.6. The summed E-state index contributed by atoms with van der Waals surface area (Å²) in [5, 5.41) is 15.9. The molecule has 0 aromatic heterocycles. The van der Waals surface area contributed by atoms with Crippen molar-refractivity contribution < 1.29 is 18.7 Å². The number of nitriles is 1. The highest BCUT2D eigenvalue weighted by molar-refractivity contribution is 5.81. The third-order valence-electron chi connectivity index (χ3n) is 10.2. The van der Waals surface area contributed by atoms with Crippen molar-refractivity contribution >= 4 is 12.0 Å². The van der Waals surface area contributed by atoms with E-state index in [2.05, 4.69) is 58.5 Å². The van der Waals surface area contributed by atoms with E-state index in [9.17, 15) is 14.4 Å². The van der Waals surface area contributed by atoms with Crippen LogP contribution in [0.3, 0.4) is 0 Å². The Hall–Kier alpha value is -3.97. The summed E-state index contributed by atoms with van der Waals surface area (Å²) in [6.45, 7) is 14.4. The number of nitrogens with zero attached hydrogens (tertiary/aromatic N) is 3. The Morgan fingerprint density at radius 2 is 1.74 bits per heavy atom. The molecule has 2 aromatic carbocycles. The maximum Gasteiger partial charge on any atom is 0.211 e. The smallest absolute Gasteiger partial charge is 0.211 e. The number of alkyl halides is 1. The molecule has 2 aromatic rings. The van der Waals surface area contributed by atoms with E-state index in [0.717, 1.165) is 91.3 Å². The van der Waals surface area contributed by atoms with E-state index in [-0.39, 0.29) is 5.54 Å². The first-order valence-electron chi connectivity index (χ1n) is 17.6. The van der Waals surface area contributed by atoms with Crippen LogP contribution >= 0.6 is 0 Å². The summed E-state index contributed by atoms with van der Waals surface area (Å²) in [6, 6.07) is 13.0. The number of benzene rings is 2. The molecule has 4 rings (SSSR count). The van der Waals surface area contributed by atoms with Gasteiger partial charge in [0, 0.05) is 67.6 Å². The van der Waals surface area contributed by atoms with Gasteiger partial charge in [0.25, 0.3) is 0 Å². The number of ether oxygens (including phenoxy) is 2. The van der Waals surface area contributed by atoms with Crippen LogP contribution in [0, 0.1) is 16.7 Å². The first kappa shape index (κ1) is 38.8. The Labute approximate surface area is 299 Å². The number of hydrogen-bond acceptors (Lipinski definition) is 7. The average Bonchev–Trinajstić information content (AvgIpc) is 3.88. The predicted molar refractivity (Wildman–Crippen MR) is 199 cm³/mol. The summed E-state index contributed by atoms with van der Waals surface area (Å²) < 4.78 is 25.5. The Balaban J connectivity index is 1.55. The van der Waals surface area contributed by atoms with Gasteiger partial charge in [-0.3, -0.25) is 19.0 Å². The second-order valence-corrected chi connectivity index (χ2v) is 14.7. The van der Waals surface area contributed by atoms with Gasteiger partial charge in [-0.05, 0) is 93.5 Å². The molecule has 2 N–H and O–H groups in total. The third-order valence-corrected chi connectivity index (χ3v) is 10.2. The van der Waals surface area contributed by atoms with Crippen LogP contribution in [0.2, 0.25) is 0 Å². The number of piperazine rings is 1. The van der Waals surface area contributed by atoms with E-state index >= 15 is 0 Å². The molecule has 1 saturated carbocycles. The lowest BCUT2D eigenvalue weighted by molar-refractivity contribution is -0.108. The molecule has 0 atom stereocenters. The van der Waals surface area contributed by atoms with Gasteiger partial charge in [0.2, 0.25) is 6.41 Å². The third kappa shape index (κ3) is 9.42. The van der Waals surface area contributed by atoms with Gasteiger partial charge in [-0.2, -0.15) is 5.26 Å². The molecular formula is C41H56FN5O3.